The minimum atomic E-state index is 0.218. The first-order valence-corrected chi connectivity index (χ1v) is 4.87. The summed E-state index contributed by atoms with van der Waals surface area (Å²) in [5.41, 5.74) is 1.12. The van der Waals surface area contributed by atoms with Crippen LogP contribution < -0.4 is 5.32 Å². The Morgan fingerprint density at radius 3 is 2.86 bits per heavy atom. The first kappa shape index (κ1) is 9.21. The van der Waals surface area contributed by atoms with Crippen LogP contribution in [-0.2, 0) is 0 Å². The average molecular weight is 190 g/mol. The zero-order valence-corrected chi connectivity index (χ0v) is 7.98. The molecule has 1 unspecified atom stereocenters. The molecular weight excluding hydrogens is 176 g/mol. The smallest absolute Gasteiger partial charge is 0.128 e. The largest absolute Gasteiger partial charge is 0.396 e. The van der Waals surface area contributed by atoms with Crippen LogP contribution in [0.1, 0.15) is 12.0 Å². The Morgan fingerprint density at radius 1 is 1.36 bits per heavy atom. The summed E-state index contributed by atoms with van der Waals surface area (Å²) >= 11 is 0. The Labute approximate surface area is 83.5 Å². The lowest BCUT2D eigenvalue weighted by Crippen LogP contribution is -2.31. The third-order valence-corrected chi connectivity index (χ3v) is 2.34. The van der Waals surface area contributed by atoms with Crippen molar-refractivity contribution in [1.82, 2.24) is 5.32 Å². The van der Waals surface area contributed by atoms with Crippen LogP contribution in [0.25, 0.3) is 0 Å². The molecule has 1 aromatic carbocycles. The van der Waals surface area contributed by atoms with Crippen molar-refractivity contribution in [2.24, 2.45) is 4.99 Å². The molecule has 1 heterocycles. The lowest BCUT2D eigenvalue weighted by Gasteiger charge is -2.09. The molecule has 0 saturated heterocycles. The molecule has 14 heavy (non-hydrogen) atoms. The van der Waals surface area contributed by atoms with E-state index in [1.54, 1.807) is 0 Å². The van der Waals surface area contributed by atoms with Gasteiger partial charge in [0.2, 0.25) is 0 Å². The van der Waals surface area contributed by atoms with Crippen molar-refractivity contribution in [3.8, 4) is 0 Å². The van der Waals surface area contributed by atoms with Gasteiger partial charge in [-0.25, -0.2) is 0 Å². The summed E-state index contributed by atoms with van der Waals surface area (Å²) in [7, 11) is 0. The fourth-order valence-electron chi connectivity index (χ4n) is 1.58. The van der Waals surface area contributed by atoms with E-state index in [9.17, 15) is 0 Å². The molecule has 0 amide bonds. The minimum absolute atomic E-state index is 0.218. The third-order valence-electron chi connectivity index (χ3n) is 2.34. The first-order chi connectivity index (χ1) is 6.90. The number of nitrogens with zero attached hydrogens (tertiary/aromatic N) is 1. The van der Waals surface area contributed by atoms with E-state index in [4.69, 9.17) is 5.11 Å². The van der Waals surface area contributed by atoms with Gasteiger partial charge in [0.1, 0.15) is 5.84 Å². The molecule has 2 N–H and O–H groups in total. The van der Waals surface area contributed by atoms with Crippen LogP contribution in [0.5, 0.6) is 0 Å². The topological polar surface area (TPSA) is 44.6 Å². The van der Waals surface area contributed by atoms with Gasteiger partial charge in [-0.05, 0) is 6.42 Å². The van der Waals surface area contributed by atoms with Crippen molar-refractivity contribution in [3.63, 3.8) is 0 Å². The molecule has 1 aromatic rings. The van der Waals surface area contributed by atoms with Crippen LogP contribution in [-0.4, -0.2) is 30.1 Å². The second kappa shape index (κ2) is 4.24. The maximum Gasteiger partial charge on any atom is 0.128 e. The molecule has 1 aliphatic heterocycles. The normalized spacial score (nSPS) is 20.4. The van der Waals surface area contributed by atoms with Gasteiger partial charge in [0.15, 0.2) is 0 Å². The monoisotopic (exact) mass is 190 g/mol. The standard InChI is InChI=1S/C11H14N2O/c14-7-6-10-8-12-11(13-10)9-4-2-1-3-5-9/h1-5,10,14H,6-8H2,(H,12,13). The summed E-state index contributed by atoms with van der Waals surface area (Å²) < 4.78 is 0. The first-order valence-electron chi connectivity index (χ1n) is 4.87. The summed E-state index contributed by atoms with van der Waals surface area (Å²) in [5, 5.41) is 12.1. The Balaban J connectivity index is 2.02. The number of amidine groups is 1. The molecular formula is C11H14N2O. The predicted octanol–water partition coefficient (Wildman–Crippen LogP) is 0.787. The average Bonchev–Trinajstić information content (AvgIpc) is 2.68. The van der Waals surface area contributed by atoms with E-state index in [2.05, 4.69) is 10.3 Å². The lowest BCUT2D eigenvalue weighted by atomic mass is 10.2. The summed E-state index contributed by atoms with van der Waals surface area (Å²) in [6.45, 7) is 0.986. The third kappa shape index (κ3) is 1.93. The van der Waals surface area contributed by atoms with Crippen LogP contribution in [0.3, 0.4) is 0 Å². The van der Waals surface area contributed by atoms with E-state index < -0.39 is 0 Å². The lowest BCUT2D eigenvalue weighted by molar-refractivity contribution is 0.274. The molecule has 0 aromatic heterocycles. The van der Waals surface area contributed by atoms with Gasteiger partial charge in [-0.2, -0.15) is 0 Å². The quantitative estimate of drug-likeness (QED) is 0.740. The van der Waals surface area contributed by atoms with Crippen molar-refractivity contribution in [3.05, 3.63) is 35.9 Å². The van der Waals surface area contributed by atoms with Crippen LogP contribution in [0.15, 0.2) is 35.3 Å². The highest BCUT2D eigenvalue weighted by Gasteiger charge is 2.17. The predicted molar refractivity (Wildman–Crippen MR) is 56.5 cm³/mol. The zero-order valence-electron chi connectivity index (χ0n) is 7.98. The highest BCUT2D eigenvalue weighted by atomic mass is 16.3. The second-order valence-corrected chi connectivity index (χ2v) is 3.41. The SMILES string of the molecule is OCCC1CN=C(c2ccccc2)N1. The van der Waals surface area contributed by atoms with E-state index in [1.165, 1.54) is 0 Å². The molecule has 0 fully saturated rings. The molecule has 0 bridgehead atoms. The fraction of sp³-hybridized carbons (Fsp3) is 0.364. The molecule has 1 atom stereocenters. The molecule has 0 saturated carbocycles. The molecule has 0 spiro atoms. The van der Waals surface area contributed by atoms with E-state index in [1.807, 2.05) is 30.3 Å². The van der Waals surface area contributed by atoms with Crippen molar-refractivity contribution < 1.29 is 5.11 Å². The number of nitrogens with one attached hydrogen (secondary N) is 1. The van der Waals surface area contributed by atoms with Gasteiger partial charge in [0, 0.05) is 18.2 Å². The Kier molecular flexibility index (Phi) is 2.79. The summed E-state index contributed by atoms with van der Waals surface area (Å²) in [6.07, 6.45) is 0.764. The van der Waals surface area contributed by atoms with E-state index in [-0.39, 0.29) is 6.61 Å². The molecule has 0 radical (unpaired) electrons. The molecule has 2 rings (SSSR count). The van der Waals surface area contributed by atoms with Gasteiger partial charge >= 0.3 is 0 Å². The second-order valence-electron chi connectivity index (χ2n) is 3.41. The van der Waals surface area contributed by atoms with Gasteiger partial charge in [-0.3, -0.25) is 4.99 Å². The van der Waals surface area contributed by atoms with Crippen LogP contribution in [0, 0.1) is 0 Å². The Hall–Kier alpha value is -1.35. The van der Waals surface area contributed by atoms with E-state index in [0.717, 1.165) is 24.4 Å². The van der Waals surface area contributed by atoms with Gasteiger partial charge in [-0.1, -0.05) is 30.3 Å². The maximum absolute atomic E-state index is 8.79. The number of aliphatic hydroxyl groups is 1. The van der Waals surface area contributed by atoms with E-state index in [0.29, 0.717) is 6.04 Å². The summed E-state index contributed by atoms with van der Waals surface area (Å²) in [5.74, 6) is 0.948. The van der Waals surface area contributed by atoms with E-state index >= 15 is 0 Å². The molecule has 3 heteroatoms. The summed E-state index contributed by atoms with van der Waals surface area (Å²) in [4.78, 5) is 4.40. The number of aliphatic hydroxyl groups excluding tert-OH is 1. The van der Waals surface area contributed by atoms with Crippen molar-refractivity contribution in [1.29, 1.82) is 0 Å². The number of aliphatic imine (C=N–C) groups is 1. The van der Waals surface area contributed by atoms with Gasteiger partial charge in [0.05, 0.1) is 6.54 Å². The number of rotatable bonds is 3. The maximum atomic E-state index is 8.79. The van der Waals surface area contributed by atoms with Gasteiger partial charge in [0.25, 0.3) is 0 Å². The van der Waals surface area contributed by atoms with Gasteiger partial charge < -0.3 is 10.4 Å². The summed E-state index contributed by atoms with van der Waals surface area (Å²) in [6, 6.07) is 10.4. The van der Waals surface area contributed by atoms with Crippen LogP contribution in [0.4, 0.5) is 0 Å². The van der Waals surface area contributed by atoms with Gasteiger partial charge in [-0.15, -0.1) is 0 Å². The van der Waals surface area contributed by atoms with Crippen LogP contribution >= 0.6 is 0 Å². The number of benzene rings is 1. The highest BCUT2D eigenvalue weighted by Crippen LogP contribution is 2.07. The molecule has 0 aliphatic carbocycles. The molecule has 1 aliphatic rings. The zero-order chi connectivity index (χ0) is 9.80. The van der Waals surface area contributed by atoms with Crippen molar-refractivity contribution in [2.45, 2.75) is 12.5 Å². The number of hydrogen-bond donors (Lipinski definition) is 2. The van der Waals surface area contributed by atoms with Crippen molar-refractivity contribution in [2.75, 3.05) is 13.2 Å². The number of hydrogen-bond acceptors (Lipinski definition) is 3. The molecule has 3 nitrogen and oxygen atoms in total. The van der Waals surface area contributed by atoms with Crippen molar-refractivity contribution >= 4 is 5.84 Å². The van der Waals surface area contributed by atoms with Crippen LogP contribution in [0.2, 0.25) is 0 Å². The molecule has 74 valence electrons. The fourth-order valence-corrected chi connectivity index (χ4v) is 1.58. The minimum Gasteiger partial charge on any atom is -0.396 e. The Bertz CT molecular complexity index is 321. The highest BCUT2D eigenvalue weighted by molar-refractivity contribution is 5.99. The Morgan fingerprint density at radius 2 is 2.14 bits per heavy atom.